The zero-order valence-corrected chi connectivity index (χ0v) is 19.5. The van der Waals surface area contributed by atoms with Gasteiger partial charge >= 0.3 is 0 Å². The number of benzene rings is 1. The molecule has 1 spiro atoms. The summed E-state index contributed by atoms with van der Waals surface area (Å²) in [5.74, 6) is 1.43. The highest BCUT2D eigenvalue weighted by atomic mass is 16.2. The lowest BCUT2D eigenvalue weighted by Crippen LogP contribution is -2.46. The predicted octanol–water partition coefficient (Wildman–Crippen LogP) is 3.04. The van der Waals surface area contributed by atoms with Gasteiger partial charge in [0.05, 0.1) is 5.41 Å². The molecule has 2 aromatic heterocycles. The van der Waals surface area contributed by atoms with Crippen molar-refractivity contribution in [3.63, 3.8) is 0 Å². The molecule has 4 heterocycles. The average Bonchev–Trinajstić information content (AvgIpc) is 3.55. The van der Waals surface area contributed by atoms with Crippen LogP contribution in [0.3, 0.4) is 0 Å². The van der Waals surface area contributed by atoms with Crippen LogP contribution in [0.1, 0.15) is 61.8 Å². The van der Waals surface area contributed by atoms with Gasteiger partial charge in [0.25, 0.3) is 5.91 Å². The van der Waals surface area contributed by atoms with Gasteiger partial charge in [-0.3, -0.25) is 9.59 Å². The monoisotopic (exact) mass is 459 g/mol. The zero-order valence-electron chi connectivity index (χ0n) is 19.5. The van der Waals surface area contributed by atoms with Crippen molar-refractivity contribution in [3.05, 3.63) is 42.0 Å². The van der Waals surface area contributed by atoms with Gasteiger partial charge in [0.2, 0.25) is 11.7 Å². The van der Waals surface area contributed by atoms with Crippen LogP contribution in [0.25, 0.3) is 11.2 Å². The Morgan fingerprint density at radius 3 is 2.71 bits per heavy atom. The van der Waals surface area contributed by atoms with Gasteiger partial charge in [-0.15, -0.1) is 0 Å². The van der Waals surface area contributed by atoms with E-state index in [2.05, 4.69) is 45.4 Å². The minimum Gasteiger partial charge on any atom is -0.355 e. The molecular formula is C25H29N7O2. The molecule has 9 heteroatoms. The van der Waals surface area contributed by atoms with Crippen molar-refractivity contribution >= 4 is 34.5 Å². The van der Waals surface area contributed by atoms with Crippen LogP contribution in [0, 0.1) is 5.92 Å². The summed E-state index contributed by atoms with van der Waals surface area (Å²) in [5.41, 5.74) is 2.90. The summed E-state index contributed by atoms with van der Waals surface area (Å²) in [5, 5.41) is 6.06. The van der Waals surface area contributed by atoms with Gasteiger partial charge < -0.3 is 20.1 Å². The minimum absolute atomic E-state index is 0.0864. The topological polar surface area (TPSA) is 105 Å². The molecule has 1 aliphatic carbocycles. The molecule has 1 saturated carbocycles. The lowest BCUT2D eigenvalue weighted by Gasteiger charge is -2.38. The quantitative estimate of drug-likeness (QED) is 0.608. The fraction of sp³-hybridized carbons (Fsp3) is 0.480. The van der Waals surface area contributed by atoms with Crippen molar-refractivity contribution in [1.29, 1.82) is 0 Å². The van der Waals surface area contributed by atoms with Crippen LogP contribution in [0.4, 0.5) is 11.5 Å². The van der Waals surface area contributed by atoms with Gasteiger partial charge in [-0.05, 0) is 43.2 Å². The number of hydrogen-bond acceptors (Lipinski definition) is 6. The number of fused-ring (bicyclic) bond motifs is 3. The molecule has 1 aromatic carbocycles. The molecule has 0 unspecified atom stereocenters. The number of nitrogens with one attached hydrogen (secondary N) is 2. The molecule has 176 valence electrons. The van der Waals surface area contributed by atoms with Gasteiger partial charge in [0, 0.05) is 31.4 Å². The van der Waals surface area contributed by atoms with Crippen LogP contribution >= 0.6 is 0 Å². The van der Waals surface area contributed by atoms with Crippen molar-refractivity contribution in [3.8, 4) is 0 Å². The van der Waals surface area contributed by atoms with Crippen LogP contribution in [-0.4, -0.2) is 51.0 Å². The molecule has 1 saturated heterocycles. The maximum Gasteiger partial charge on any atom is 0.287 e. The maximum absolute atomic E-state index is 13.0. The Hall–Kier alpha value is -3.49. The fourth-order valence-corrected chi connectivity index (χ4v) is 5.31. The standard InChI is InChI=1S/C25H29N7O2/c1-15(2)13-26-23(33)22-30-19-20(27-14-28-21(19)32(22)16-7-8-16)31-11-9-25(10-12-31)17-5-3-4-6-18(17)29-24(25)34/h3-6,14-16H,7-13H2,1-2H3,(H,26,33)(H,29,34). The fourth-order valence-electron chi connectivity index (χ4n) is 5.31. The number of carbonyl (C=O) groups excluding carboxylic acids is 2. The van der Waals surface area contributed by atoms with Crippen LogP contribution < -0.4 is 15.5 Å². The molecule has 2 aliphatic heterocycles. The second-order valence-corrected chi connectivity index (χ2v) is 10.1. The van der Waals surface area contributed by atoms with E-state index in [9.17, 15) is 9.59 Å². The molecule has 3 aliphatic rings. The summed E-state index contributed by atoms with van der Waals surface area (Å²) in [6.45, 7) is 6.10. The summed E-state index contributed by atoms with van der Waals surface area (Å²) in [4.78, 5) is 42.0. The number of hydrogen-bond donors (Lipinski definition) is 2. The van der Waals surface area contributed by atoms with Crippen LogP contribution in [0.2, 0.25) is 0 Å². The molecular weight excluding hydrogens is 430 g/mol. The lowest BCUT2D eigenvalue weighted by molar-refractivity contribution is -0.121. The van der Waals surface area contributed by atoms with Crippen molar-refractivity contribution in [2.24, 2.45) is 5.92 Å². The van der Waals surface area contributed by atoms with E-state index in [1.54, 1.807) is 6.33 Å². The second-order valence-electron chi connectivity index (χ2n) is 10.1. The van der Waals surface area contributed by atoms with Gasteiger partial charge in [0.1, 0.15) is 6.33 Å². The smallest absolute Gasteiger partial charge is 0.287 e. The zero-order chi connectivity index (χ0) is 23.4. The number of amides is 2. The molecule has 2 fully saturated rings. The predicted molar refractivity (Wildman–Crippen MR) is 129 cm³/mol. The summed E-state index contributed by atoms with van der Waals surface area (Å²) in [6, 6.07) is 8.24. The molecule has 2 N–H and O–H groups in total. The Morgan fingerprint density at radius 1 is 1.21 bits per heavy atom. The molecule has 6 rings (SSSR count). The lowest BCUT2D eigenvalue weighted by atomic mass is 9.73. The third kappa shape index (κ3) is 3.25. The largest absolute Gasteiger partial charge is 0.355 e. The van der Waals surface area contributed by atoms with E-state index < -0.39 is 5.41 Å². The highest BCUT2D eigenvalue weighted by Crippen LogP contribution is 2.46. The Kier molecular flexibility index (Phi) is 4.82. The van der Waals surface area contributed by atoms with E-state index in [1.165, 1.54) is 0 Å². The second kappa shape index (κ2) is 7.78. The number of rotatable bonds is 5. The Morgan fingerprint density at radius 2 is 1.97 bits per heavy atom. The van der Waals surface area contributed by atoms with Gasteiger partial charge in [-0.2, -0.15) is 0 Å². The third-order valence-corrected chi connectivity index (χ3v) is 7.29. The average molecular weight is 460 g/mol. The van der Waals surface area contributed by atoms with Crippen LogP contribution in [0.5, 0.6) is 0 Å². The minimum atomic E-state index is -0.492. The number of anilines is 2. The van der Waals surface area contributed by atoms with Gasteiger partial charge in [-0.25, -0.2) is 15.0 Å². The van der Waals surface area contributed by atoms with Crippen molar-refractivity contribution in [1.82, 2.24) is 24.8 Å². The first kappa shape index (κ1) is 21.1. The van der Waals surface area contributed by atoms with E-state index >= 15 is 0 Å². The number of aromatic nitrogens is 4. The number of piperidine rings is 1. The van der Waals surface area contributed by atoms with Crippen LogP contribution in [-0.2, 0) is 10.2 Å². The normalized spacial score (nSPS) is 19.0. The van der Waals surface area contributed by atoms with Gasteiger partial charge in [0.15, 0.2) is 17.0 Å². The Balaban J connectivity index is 1.32. The highest BCUT2D eigenvalue weighted by Gasteiger charge is 2.48. The molecule has 9 nitrogen and oxygen atoms in total. The Bertz CT molecular complexity index is 1290. The van der Waals surface area contributed by atoms with E-state index in [0.717, 1.165) is 29.9 Å². The first-order valence-corrected chi connectivity index (χ1v) is 12.1. The number of nitrogens with zero attached hydrogens (tertiary/aromatic N) is 5. The molecule has 2 amide bonds. The van der Waals surface area contributed by atoms with E-state index in [-0.39, 0.29) is 17.9 Å². The van der Waals surface area contributed by atoms with Crippen molar-refractivity contribution in [2.45, 2.75) is 51.0 Å². The summed E-state index contributed by atoms with van der Waals surface area (Å²) >= 11 is 0. The first-order valence-electron chi connectivity index (χ1n) is 12.1. The summed E-state index contributed by atoms with van der Waals surface area (Å²) in [6.07, 6.45) is 5.01. The molecule has 0 radical (unpaired) electrons. The van der Waals surface area contributed by atoms with E-state index in [1.807, 2.05) is 22.8 Å². The van der Waals surface area contributed by atoms with E-state index in [0.29, 0.717) is 55.4 Å². The maximum atomic E-state index is 13.0. The van der Waals surface area contributed by atoms with Crippen LogP contribution in [0.15, 0.2) is 30.6 Å². The number of carbonyl (C=O) groups is 2. The van der Waals surface area contributed by atoms with Gasteiger partial charge in [-0.1, -0.05) is 32.0 Å². The Labute approximate surface area is 198 Å². The van der Waals surface area contributed by atoms with Crippen molar-refractivity contribution in [2.75, 3.05) is 29.9 Å². The summed E-state index contributed by atoms with van der Waals surface area (Å²) in [7, 11) is 0. The SMILES string of the molecule is CC(C)CNC(=O)c1nc2c(N3CCC4(CC3)C(=O)Nc3ccccc34)ncnc2n1C1CC1. The first-order chi connectivity index (χ1) is 16.5. The third-order valence-electron chi connectivity index (χ3n) is 7.29. The molecule has 0 bridgehead atoms. The molecule has 0 atom stereocenters. The van der Waals surface area contributed by atoms with Crippen molar-refractivity contribution < 1.29 is 9.59 Å². The highest BCUT2D eigenvalue weighted by molar-refractivity contribution is 6.06. The number of imidazole rings is 1. The number of para-hydroxylation sites is 1. The molecule has 3 aromatic rings. The summed E-state index contributed by atoms with van der Waals surface area (Å²) < 4.78 is 1.99. The molecule has 34 heavy (non-hydrogen) atoms. The van der Waals surface area contributed by atoms with E-state index in [4.69, 9.17) is 4.98 Å².